The average molecular weight is 685 g/mol. The molecule has 0 aliphatic rings. The van der Waals surface area contributed by atoms with Gasteiger partial charge in [-0.1, -0.05) is 0 Å². The van der Waals surface area contributed by atoms with Crippen molar-refractivity contribution in [3.05, 3.63) is 66.4 Å². The van der Waals surface area contributed by atoms with Gasteiger partial charge in [0.05, 0.1) is 0 Å². The van der Waals surface area contributed by atoms with Crippen molar-refractivity contribution in [2.24, 2.45) is 0 Å². The van der Waals surface area contributed by atoms with Crippen LogP contribution in [0.5, 0.6) is 0 Å². The minimum absolute atomic E-state index is 0.0581. The number of rotatable bonds is 14. The van der Waals surface area contributed by atoms with Crippen LogP contribution in [0.25, 0.3) is 51.1 Å². The van der Waals surface area contributed by atoms with Gasteiger partial charge in [-0.2, -0.15) is 0 Å². The molecule has 2 aromatic carbocycles. The summed E-state index contributed by atoms with van der Waals surface area (Å²) in [5, 5.41) is 24.1. The Kier molecular flexibility index (Phi) is 12.1. The molecule has 214 valence electrons. The van der Waals surface area contributed by atoms with E-state index in [-0.39, 0.29) is 40.4 Å². The first-order valence-electron chi connectivity index (χ1n) is 15.3. The standard InChI is InChI=1S/C36H38N4Se2/c1-5-7-9-11-13-15-17-25-19-29-28(30-21-32(41-34(25)30)27(23-37)24-38)20-26(18-16-14-12-10-8-6-2)35-31(29)22-33(42-35)36(39-3)40-4/h19-22H,5-18H2,1-2H3. The van der Waals surface area contributed by atoms with Gasteiger partial charge in [0.25, 0.3) is 0 Å². The van der Waals surface area contributed by atoms with E-state index in [1.165, 1.54) is 105 Å². The zero-order valence-corrected chi connectivity index (χ0v) is 28.2. The molecule has 0 saturated heterocycles. The first kappa shape index (κ1) is 31.8. The summed E-state index contributed by atoms with van der Waals surface area (Å²) in [6.45, 7) is 19.7. The summed E-state index contributed by atoms with van der Waals surface area (Å²) in [7, 11) is 0. The molecule has 0 saturated carbocycles. The van der Waals surface area contributed by atoms with Crippen molar-refractivity contribution < 1.29 is 0 Å². The topological polar surface area (TPSA) is 56.3 Å². The molecule has 4 aromatic rings. The van der Waals surface area contributed by atoms with Gasteiger partial charge in [-0.25, -0.2) is 0 Å². The van der Waals surface area contributed by atoms with Crippen LogP contribution >= 0.6 is 0 Å². The van der Waals surface area contributed by atoms with Gasteiger partial charge in [0, 0.05) is 0 Å². The quantitative estimate of drug-likeness (QED) is 0.0765. The van der Waals surface area contributed by atoms with Crippen molar-refractivity contribution in [1.82, 2.24) is 0 Å². The van der Waals surface area contributed by atoms with Crippen LogP contribution in [0.2, 0.25) is 0 Å². The normalized spacial score (nSPS) is 10.9. The Bertz CT molecular complexity index is 1690. The fraction of sp³-hybridized carbons (Fsp3) is 0.444. The van der Waals surface area contributed by atoms with Crippen molar-refractivity contribution in [2.75, 3.05) is 0 Å². The van der Waals surface area contributed by atoms with E-state index in [1.54, 1.807) is 0 Å². The summed E-state index contributed by atoms with van der Waals surface area (Å²) in [6, 6.07) is 13.3. The molecular weight excluding hydrogens is 646 g/mol. The van der Waals surface area contributed by atoms with E-state index >= 15 is 0 Å². The van der Waals surface area contributed by atoms with Gasteiger partial charge in [-0.3, -0.25) is 0 Å². The van der Waals surface area contributed by atoms with Crippen LogP contribution in [0.3, 0.4) is 0 Å². The Balaban J connectivity index is 1.91. The van der Waals surface area contributed by atoms with Gasteiger partial charge in [0.15, 0.2) is 0 Å². The second kappa shape index (κ2) is 16.0. The van der Waals surface area contributed by atoms with Gasteiger partial charge < -0.3 is 0 Å². The van der Waals surface area contributed by atoms with E-state index in [2.05, 4.69) is 59.9 Å². The van der Waals surface area contributed by atoms with Crippen LogP contribution in [0.4, 0.5) is 0 Å². The number of nitriles is 2. The van der Waals surface area contributed by atoms with Crippen LogP contribution in [0.15, 0.2) is 24.3 Å². The Labute approximate surface area is 262 Å². The van der Waals surface area contributed by atoms with Gasteiger partial charge in [-0.15, -0.1) is 0 Å². The van der Waals surface area contributed by atoms with E-state index in [0.717, 1.165) is 33.9 Å². The zero-order chi connectivity index (χ0) is 29.9. The van der Waals surface area contributed by atoms with Gasteiger partial charge in [0.2, 0.25) is 0 Å². The third-order valence-electron chi connectivity index (χ3n) is 8.06. The molecule has 0 bridgehead atoms. The fourth-order valence-corrected chi connectivity index (χ4v) is 10.7. The number of hydrogen-bond acceptors (Lipinski definition) is 2. The third kappa shape index (κ3) is 7.27. The van der Waals surface area contributed by atoms with Crippen molar-refractivity contribution in [2.45, 2.75) is 104 Å². The van der Waals surface area contributed by atoms with E-state index in [4.69, 9.17) is 13.1 Å². The molecule has 0 N–H and O–H groups in total. The number of benzene rings is 2. The van der Waals surface area contributed by atoms with Gasteiger partial charge >= 0.3 is 263 Å². The van der Waals surface area contributed by atoms with Gasteiger partial charge in [0.1, 0.15) is 0 Å². The number of fused-ring (bicyclic) bond motifs is 5. The Morgan fingerprint density at radius 1 is 0.619 bits per heavy atom. The number of hydrogen-bond donors (Lipinski definition) is 0. The van der Waals surface area contributed by atoms with Crippen LogP contribution in [-0.4, -0.2) is 29.0 Å². The molecule has 0 aliphatic carbocycles. The molecular formula is C36H38N4Se2. The Morgan fingerprint density at radius 2 is 1.05 bits per heavy atom. The van der Waals surface area contributed by atoms with E-state index in [9.17, 15) is 10.5 Å². The predicted molar refractivity (Wildman–Crippen MR) is 177 cm³/mol. The van der Waals surface area contributed by atoms with E-state index in [0.29, 0.717) is 0 Å². The summed E-state index contributed by atoms with van der Waals surface area (Å²) < 4.78 is 4.44. The van der Waals surface area contributed by atoms with Gasteiger partial charge in [-0.05, 0) is 0 Å². The molecule has 4 rings (SSSR count). The first-order chi connectivity index (χ1) is 20.6. The maximum atomic E-state index is 9.67. The summed E-state index contributed by atoms with van der Waals surface area (Å²) >= 11 is -0.127. The number of aryl methyl sites for hydroxylation is 2. The Morgan fingerprint density at radius 3 is 1.50 bits per heavy atom. The van der Waals surface area contributed by atoms with Crippen LogP contribution in [-0.2, 0) is 12.8 Å². The Hall–Kier alpha value is -3.08. The molecule has 0 atom stereocenters. The fourth-order valence-electron chi connectivity index (χ4n) is 5.81. The van der Waals surface area contributed by atoms with Crippen molar-refractivity contribution in [1.29, 1.82) is 10.5 Å². The second-order valence-electron chi connectivity index (χ2n) is 11.1. The molecule has 2 aromatic heterocycles. The monoisotopic (exact) mass is 686 g/mol. The molecule has 0 spiro atoms. The van der Waals surface area contributed by atoms with Crippen molar-refractivity contribution in [3.8, 4) is 12.1 Å². The predicted octanol–water partition coefficient (Wildman–Crippen LogP) is 8.17. The van der Waals surface area contributed by atoms with Crippen LogP contribution in [0, 0.1) is 35.8 Å². The summed E-state index contributed by atoms with van der Waals surface area (Å²) in [5.41, 5.74) is 2.92. The van der Waals surface area contributed by atoms with Crippen LogP contribution in [0.1, 0.15) is 102 Å². The SMILES string of the molecule is [C-]#[N+]C([N+]#[C-])=c1cc2c([se]1)c(CCCCCCCC)cc1c3cc(=C(C#N)C#N)[se]c3c(CCCCCCCC)cc21. The molecule has 2 heterocycles. The molecule has 0 radical (unpaired) electrons. The number of unbranched alkanes of at least 4 members (excludes halogenated alkanes) is 10. The molecule has 4 nitrogen and oxygen atoms in total. The molecule has 0 unspecified atom stereocenters. The van der Waals surface area contributed by atoms with Crippen molar-refractivity contribution in [3.63, 3.8) is 0 Å². The zero-order valence-electron chi connectivity index (χ0n) is 24.8. The maximum absolute atomic E-state index is 9.67. The third-order valence-corrected chi connectivity index (χ3v) is 13.2. The second-order valence-corrected chi connectivity index (χ2v) is 15.5. The van der Waals surface area contributed by atoms with E-state index in [1.807, 2.05) is 0 Å². The molecule has 0 amide bonds. The minimum atomic E-state index is -0.0690. The van der Waals surface area contributed by atoms with E-state index < -0.39 is 0 Å². The van der Waals surface area contributed by atoms with Crippen molar-refractivity contribution >= 4 is 70.5 Å². The molecule has 0 fully saturated rings. The molecule has 42 heavy (non-hydrogen) atoms. The number of nitrogens with zero attached hydrogens (tertiary/aromatic N) is 4. The summed E-state index contributed by atoms with van der Waals surface area (Å²) in [5.74, 6) is 0.200. The van der Waals surface area contributed by atoms with Crippen LogP contribution < -0.4 is 8.19 Å². The molecule has 0 aliphatic heterocycles. The molecule has 6 heteroatoms. The summed E-state index contributed by atoms with van der Waals surface area (Å²) in [4.78, 5) is 7.14. The summed E-state index contributed by atoms with van der Waals surface area (Å²) in [6.07, 6.45) is 16.9. The average Bonchev–Trinajstić information content (AvgIpc) is 3.64. The first-order valence-corrected chi connectivity index (χ1v) is 18.8.